The predicted molar refractivity (Wildman–Crippen MR) is 99.1 cm³/mol. The molecule has 0 radical (unpaired) electrons. The summed E-state index contributed by atoms with van der Waals surface area (Å²) >= 11 is 1.72. The number of hydrogen-bond acceptors (Lipinski definition) is 5. The largest absolute Gasteiger partial charge is 0.383 e. The van der Waals surface area contributed by atoms with Crippen molar-refractivity contribution in [2.75, 3.05) is 32.0 Å². The molecule has 2 aromatic rings. The van der Waals surface area contributed by atoms with Gasteiger partial charge < -0.3 is 15.5 Å². The van der Waals surface area contributed by atoms with Crippen molar-refractivity contribution in [3.05, 3.63) is 56.3 Å². The van der Waals surface area contributed by atoms with Gasteiger partial charge in [0, 0.05) is 30.9 Å². The number of amides is 1. The maximum absolute atomic E-state index is 12.0. The van der Waals surface area contributed by atoms with E-state index >= 15 is 0 Å². The first-order valence-corrected chi connectivity index (χ1v) is 8.93. The molecule has 1 atom stereocenters. The number of nitro benzene ring substituents is 1. The molecule has 1 unspecified atom stereocenters. The van der Waals surface area contributed by atoms with Crippen molar-refractivity contribution in [1.82, 2.24) is 5.32 Å². The number of anilines is 1. The van der Waals surface area contributed by atoms with Crippen LogP contribution in [0.25, 0.3) is 0 Å². The summed E-state index contributed by atoms with van der Waals surface area (Å²) in [5.41, 5.74) is 2.12. The Hall–Kier alpha value is -2.45. The number of nitro groups is 1. The standard InChI is InChI=1S/C17H22N4O3S/c1-13-7-10-25-16(13)11-20(2)12-17(22)19-9-8-18-14-3-5-15(6-4-14)21(23)24/h3-7,10,18H,8-9,11-12H2,1-2H3,(H,19,22)/p+1. The lowest BCUT2D eigenvalue weighted by molar-refractivity contribution is -0.885. The molecular formula is C17H23N4O3S+. The van der Waals surface area contributed by atoms with Crippen LogP contribution >= 0.6 is 11.3 Å². The normalized spacial score (nSPS) is 11.8. The lowest BCUT2D eigenvalue weighted by Gasteiger charge is -2.14. The summed E-state index contributed by atoms with van der Waals surface area (Å²) in [7, 11) is 2.01. The number of thiophene rings is 1. The number of non-ortho nitro benzene ring substituents is 1. The molecule has 0 saturated carbocycles. The molecule has 25 heavy (non-hydrogen) atoms. The lowest BCUT2D eigenvalue weighted by Crippen LogP contribution is -3.08. The number of rotatable bonds is 9. The molecule has 0 aliphatic heterocycles. The van der Waals surface area contributed by atoms with Gasteiger partial charge in [0.2, 0.25) is 0 Å². The number of likely N-dealkylation sites (N-methyl/N-ethyl adjacent to an activating group) is 1. The molecule has 3 N–H and O–H groups in total. The first-order chi connectivity index (χ1) is 12.0. The second kappa shape index (κ2) is 9.14. The van der Waals surface area contributed by atoms with E-state index in [0.29, 0.717) is 19.6 Å². The summed E-state index contributed by atoms with van der Waals surface area (Å²) in [6.07, 6.45) is 0. The molecule has 1 amide bonds. The molecule has 0 fully saturated rings. The van der Waals surface area contributed by atoms with Gasteiger partial charge in [0.05, 0.1) is 16.8 Å². The van der Waals surface area contributed by atoms with E-state index in [0.717, 1.165) is 17.1 Å². The van der Waals surface area contributed by atoms with Gasteiger partial charge in [-0.15, -0.1) is 11.3 Å². The van der Waals surface area contributed by atoms with Crippen LogP contribution in [0, 0.1) is 17.0 Å². The van der Waals surface area contributed by atoms with Gasteiger partial charge in [0.25, 0.3) is 11.6 Å². The van der Waals surface area contributed by atoms with Gasteiger partial charge in [0.15, 0.2) is 6.54 Å². The van der Waals surface area contributed by atoms with E-state index in [1.165, 1.54) is 22.6 Å². The zero-order chi connectivity index (χ0) is 18.2. The Balaban J connectivity index is 1.64. The van der Waals surface area contributed by atoms with Crippen LogP contribution in [0.4, 0.5) is 11.4 Å². The van der Waals surface area contributed by atoms with E-state index in [4.69, 9.17) is 0 Å². The van der Waals surface area contributed by atoms with Crippen molar-refractivity contribution in [2.24, 2.45) is 0 Å². The average molecular weight is 363 g/mol. The molecule has 1 aromatic carbocycles. The molecule has 0 aliphatic carbocycles. The first kappa shape index (κ1) is 18.9. The Morgan fingerprint density at radius 3 is 2.56 bits per heavy atom. The number of carbonyl (C=O) groups is 1. The molecule has 0 aliphatic rings. The van der Waals surface area contributed by atoms with Gasteiger partial charge in [-0.25, -0.2) is 0 Å². The van der Waals surface area contributed by atoms with Crippen LogP contribution < -0.4 is 15.5 Å². The second-order valence-electron chi connectivity index (χ2n) is 5.92. The van der Waals surface area contributed by atoms with E-state index in [-0.39, 0.29) is 11.6 Å². The maximum atomic E-state index is 12.0. The molecule has 8 heteroatoms. The Labute approximate surface area is 150 Å². The van der Waals surface area contributed by atoms with Gasteiger partial charge in [0.1, 0.15) is 6.54 Å². The van der Waals surface area contributed by atoms with Gasteiger partial charge in [-0.05, 0) is 36.1 Å². The molecule has 2 rings (SSSR count). The summed E-state index contributed by atoms with van der Waals surface area (Å²) in [5, 5.41) is 18.7. The van der Waals surface area contributed by atoms with Crippen molar-refractivity contribution in [1.29, 1.82) is 0 Å². The minimum absolute atomic E-state index is 0.0113. The summed E-state index contributed by atoms with van der Waals surface area (Å²) in [6.45, 7) is 4.42. The summed E-state index contributed by atoms with van der Waals surface area (Å²) in [4.78, 5) is 24.6. The smallest absolute Gasteiger partial charge is 0.275 e. The van der Waals surface area contributed by atoms with E-state index in [9.17, 15) is 14.9 Å². The highest BCUT2D eigenvalue weighted by molar-refractivity contribution is 7.10. The van der Waals surface area contributed by atoms with Gasteiger partial charge in [-0.1, -0.05) is 0 Å². The summed E-state index contributed by atoms with van der Waals surface area (Å²) in [5.74, 6) is 0.0113. The number of nitrogens with one attached hydrogen (secondary N) is 3. The van der Waals surface area contributed by atoms with Crippen LogP contribution in [0.15, 0.2) is 35.7 Å². The number of hydrogen-bond donors (Lipinski definition) is 3. The van der Waals surface area contributed by atoms with Crippen LogP contribution in [0.5, 0.6) is 0 Å². The van der Waals surface area contributed by atoms with Crippen LogP contribution in [0.3, 0.4) is 0 Å². The molecule has 0 spiro atoms. The van der Waals surface area contributed by atoms with Gasteiger partial charge >= 0.3 is 0 Å². The van der Waals surface area contributed by atoms with Crippen molar-refractivity contribution in [3.63, 3.8) is 0 Å². The highest BCUT2D eigenvalue weighted by atomic mass is 32.1. The third kappa shape index (κ3) is 6.17. The highest BCUT2D eigenvalue weighted by Crippen LogP contribution is 2.15. The fourth-order valence-corrected chi connectivity index (χ4v) is 3.39. The topological polar surface area (TPSA) is 88.7 Å². The van der Waals surface area contributed by atoms with Gasteiger partial charge in [-0.2, -0.15) is 0 Å². The number of carbonyl (C=O) groups excluding carboxylic acids is 1. The maximum Gasteiger partial charge on any atom is 0.275 e. The van der Waals surface area contributed by atoms with Crippen LogP contribution in [-0.2, 0) is 11.3 Å². The first-order valence-electron chi connectivity index (χ1n) is 8.05. The average Bonchev–Trinajstić information content (AvgIpc) is 2.96. The summed E-state index contributed by atoms with van der Waals surface area (Å²) in [6, 6.07) is 8.30. The van der Waals surface area contributed by atoms with Crippen LogP contribution in [0.2, 0.25) is 0 Å². The number of quaternary nitrogens is 1. The number of nitrogens with zero attached hydrogens (tertiary/aromatic N) is 1. The Kier molecular flexibility index (Phi) is 6.91. The highest BCUT2D eigenvalue weighted by Gasteiger charge is 2.12. The Bertz CT molecular complexity index is 715. The fourth-order valence-electron chi connectivity index (χ4n) is 2.37. The molecule has 1 heterocycles. The van der Waals surface area contributed by atoms with Crippen molar-refractivity contribution in [3.8, 4) is 0 Å². The molecule has 134 valence electrons. The predicted octanol–water partition coefficient (Wildman–Crippen LogP) is 1.21. The number of aryl methyl sites for hydroxylation is 1. The lowest BCUT2D eigenvalue weighted by atomic mass is 10.3. The second-order valence-corrected chi connectivity index (χ2v) is 6.92. The monoisotopic (exact) mass is 363 g/mol. The van der Waals surface area contributed by atoms with Crippen LogP contribution in [0.1, 0.15) is 10.4 Å². The Morgan fingerprint density at radius 2 is 1.96 bits per heavy atom. The van der Waals surface area contributed by atoms with E-state index < -0.39 is 4.92 Å². The number of benzene rings is 1. The summed E-state index contributed by atoms with van der Waals surface area (Å²) < 4.78 is 0. The quantitative estimate of drug-likeness (QED) is 0.355. The molecule has 0 bridgehead atoms. The minimum Gasteiger partial charge on any atom is -0.383 e. The zero-order valence-electron chi connectivity index (χ0n) is 14.4. The van der Waals surface area contributed by atoms with E-state index in [1.54, 1.807) is 23.5 Å². The zero-order valence-corrected chi connectivity index (χ0v) is 15.2. The third-order valence-electron chi connectivity index (χ3n) is 3.75. The third-order valence-corrected chi connectivity index (χ3v) is 4.77. The van der Waals surface area contributed by atoms with Crippen molar-refractivity contribution in [2.45, 2.75) is 13.5 Å². The van der Waals surface area contributed by atoms with Gasteiger partial charge in [-0.3, -0.25) is 14.9 Å². The molecular weight excluding hydrogens is 340 g/mol. The molecule has 0 saturated heterocycles. The molecule has 7 nitrogen and oxygen atoms in total. The van der Waals surface area contributed by atoms with E-state index in [2.05, 4.69) is 29.0 Å². The van der Waals surface area contributed by atoms with Crippen LogP contribution in [-0.4, -0.2) is 37.5 Å². The minimum atomic E-state index is -0.430. The SMILES string of the molecule is Cc1ccsc1C[NH+](C)CC(=O)NCCNc1ccc([N+](=O)[O-])cc1. The fraction of sp³-hybridized carbons (Fsp3) is 0.353. The van der Waals surface area contributed by atoms with Crippen molar-refractivity contribution >= 4 is 28.6 Å². The Morgan fingerprint density at radius 1 is 1.24 bits per heavy atom. The van der Waals surface area contributed by atoms with Crippen molar-refractivity contribution < 1.29 is 14.6 Å². The molecule has 1 aromatic heterocycles. The van der Waals surface area contributed by atoms with E-state index in [1.807, 2.05) is 7.05 Å².